The van der Waals surface area contributed by atoms with Crippen molar-refractivity contribution in [1.82, 2.24) is 4.90 Å². The van der Waals surface area contributed by atoms with Crippen molar-refractivity contribution in [1.29, 1.82) is 0 Å². The molecule has 2 aliphatic heterocycles. The molecule has 2 N–H and O–H groups in total. The number of para-hydroxylation sites is 1. The molecule has 3 rings (SSSR count). The highest BCUT2D eigenvalue weighted by atomic mass is 32.1. The van der Waals surface area contributed by atoms with E-state index in [1.807, 2.05) is 6.07 Å². The molecule has 0 saturated carbocycles. The largest absolute Gasteiger partial charge is 0.493 e. The predicted octanol–water partition coefficient (Wildman–Crippen LogP) is 2.69. The standard InChI is InChI=1S/C16H22N2OS/c17-16(20)14-6-3-4-9-18(14)11-12-8-10-19-15-7-2-1-5-13(12)15/h1-2,5,7,12,14H,3-4,6,8-11H2,(H2,17,20). The van der Waals surface area contributed by atoms with Crippen LogP contribution < -0.4 is 10.5 Å². The van der Waals surface area contributed by atoms with Crippen LogP contribution in [-0.4, -0.2) is 35.6 Å². The summed E-state index contributed by atoms with van der Waals surface area (Å²) >= 11 is 5.25. The third-order valence-electron chi connectivity index (χ3n) is 4.48. The zero-order chi connectivity index (χ0) is 13.9. The highest BCUT2D eigenvalue weighted by Gasteiger charge is 2.29. The number of benzene rings is 1. The molecule has 4 heteroatoms. The Morgan fingerprint density at radius 2 is 2.15 bits per heavy atom. The highest BCUT2D eigenvalue weighted by Crippen LogP contribution is 2.35. The van der Waals surface area contributed by atoms with Crippen LogP contribution in [0, 0.1) is 0 Å². The molecule has 2 heterocycles. The zero-order valence-corrected chi connectivity index (χ0v) is 12.6. The molecule has 2 unspecified atom stereocenters. The fourth-order valence-electron chi connectivity index (χ4n) is 3.42. The number of fused-ring (bicyclic) bond motifs is 1. The van der Waals surface area contributed by atoms with Crippen molar-refractivity contribution in [2.75, 3.05) is 19.7 Å². The Morgan fingerprint density at radius 1 is 1.30 bits per heavy atom. The number of thiocarbonyl (C=S) groups is 1. The minimum absolute atomic E-state index is 0.286. The van der Waals surface area contributed by atoms with E-state index in [1.54, 1.807) is 0 Å². The van der Waals surface area contributed by atoms with Crippen LogP contribution in [0.4, 0.5) is 0 Å². The normalized spacial score (nSPS) is 26.6. The van der Waals surface area contributed by atoms with Gasteiger partial charge in [0.05, 0.1) is 17.6 Å². The summed E-state index contributed by atoms with van der Waals surface area (Å²) in [6.07, 6.45) is 4.69. The van der Waals surface area contributed by atoms with Crippen LogP contribution in [0.2, 0.25) is 0 Å². The summed E-state index contributed by atoms with van der Waals surface area (Å²) < 4.78 is 5.75. The van der Waals surface area contributed by atoms with Crippen molar-refractivity contribution >= 4 is 17.2 Å². The van der Waals surface area contributed by atoms with E-state index in [0.717, 1.165) is 38.3 Å². The summed E-state index contributed by atoms with van der Waals surface area (Å²) in [4.78, 5) is 3.14. The summed E-state index contributed by atoms with van der Waals surface area (Å²) in [5.74, 6) is 1.59. The highest BCUT2D eigenvalue weighted by molar-refractivity contribution is 7.80. The van der Waals surface area contributed by atoms with Gasteiger partial charge in [0.25, 0.3) is 0 Å². The fourth-order valence-corrected chi connectivity index (χ4v) is 3.69. The van der Waals surface area contributed by atoms with Crippen LogP contribution in [0.15, 0.2) is 24.3 Å². The van der Waals surface area contributed by atoms with E-state index in [2.05, 4.69) is 23.1 Å². The maximum absolute atomic E-state index is 5.92. The van der Waals surface area contributed by atoms with Crippen LogP contribution in [-0.2, 0) is 0 Å². The number of ether oxygens (including phenoxy) is 1. The van der Waals surface area contributed by atoms with Crippen molar-refractivity contribution in [3.8, 4) is 5.75 Å². The first kappa shape index (κ1) is 13.8. The van der Waals surface area contributed by atoms with Gasteiger partial charge in [-0.15, -0.1) is 0 Å². The second-order valence-corrected chi connectivity index (χ2v) is 6.25. The Morgan fingerprint density at radius 3 is 3.00 bits per heavy atom. The average Bonchev–Trinajstić information content (AvgIpc) is 2.48. The lowest BCUT2D eigenvalue weighted by Crippen LogP contribution is -2.48. The van der Waals surface area contributed by atoms with Crippen molar-refractivity contribution in [3.63, 3.8) is 0 Å². The van der Waals surface area contributed by atoms with Gasteiger partial charge in [-0.2, -0.15) is 0 Å². The lowest BCUT2D eigenvalue weighted by Gasteiger charge is -2.38. The van der Waals surface area contributed by atoms with Crippen LogP contribution in [0.5, 0.6) is 5.75 Å². The quantitative estimate of drug-likeness (QED) is 0.869. The van der Waals surface area contributed by atoms with E-state index in [1.165, 1.54) is 18.4 Å². The minimum atomic E-state index is 0.286. The maximum atomic E-state index is 5.92. The Labute approximate surface area is 126 Å². The van der Waals surface area contributed by atoms with E-state index in [9.17, 15) is 0 Å². The summed E-state index contributed by atoms with van der Waals surface area (Å²) in [5.41, 5.74) is 7.26. The first-order valence-corrected chi connectivity index (χ1v) is 7.91. The second kappa shape index (κ2) is 6.10. The molecule has 20 heavy (non-hydrogen) atoms. The lowest BCUT2D eigenvalue weighted by atomic mass is 9.91. The number of hydrogen-bond acceptors (Lipinski definition) is 3. The summed E-state index contributed by atoms with van der Waals surface area (Å²) in [7, 11) is 0. The smallest absolute Gasteiger partial charge is 0.122 e. The molecule has 2 aliphatic rings. The molecule has 0 amide bonds. The molecule has 0 bridgehead atoms. The molecule has 0 aromatic heterocycles. The summed E-state index contributed by atoms with van der Waals surface area (Å²) in [6, 6.07) is 8.69. The van der Waals surface area contributed by atoms with Gasteiger partial charge in [-0.3, -0.25) is 4.90 Å². The van der Waals surface area contributed by atoms with Crippen molar-refractivity contribution in [2.45, 2.75) is 37.6 Å². The number of hydrogen-bond donors (Lipinski definition) is 1. The zero-order valence-electron chi connectivity index (χ0n) is 11.8. The van der Waals surface area contributed by atoms with Gasteiger partial charge in [-0.25, -0.2) is 0 Å². The van der Waals surface area contributed by atoms with Gasteiger partial charge < -0.3 is 10.5 Å². The number of likely N-dealkylation sites (tertiary alicyclic amines) is 1. The van der Waals surface area contributed by atoms with E-state index in [-0.39, 0.29) is 6.04 Å². The van der Waals surface area contributed by atoms with Gasteiger partial charge >= 0.3 is 0 Å². The topological polar surface area (TPSA) is 38.5 Å². The minimum Gasteiger partial charge on any atom is -0.493 e. The van der Waals surface area contributed by atoms with E-state index < -0.39 is 0 Å². The Bertz CT molecular complexity index is 491. The Balaban J connectivity index is 1.76. The SMILES string of the molecule is NC(=S)C1CCCCN1CC1CCOc2ccccc21. The van der Waals surface area contributed by atoms with Gasteiger partial charge in [-0.05, 0) is 37.4 Å². The Kier molecular flexibility index (Phi) is 4.22. The number of nitrogens with two attached hydrogens (primary N) is 1. The molecule has 1 aromatic carbocycles. The molecular weight excluding hydrogens is 268 g/mol. The number of rotatable bonds is 3. The van der Waals surface area contributed by atoms with E-state index >= 15 is 0 Å². The van der Waals surface area contributed by atoms with Gasteiger partial charge in [0, 0.05) is 12.5 Å². The summed E-state index contributed by atoms with van der Waals surface area (Å²) in [5, 5.41) is 0. The molecule has 1 fully saturated rings. The van der Waals surface area contributed by atoms with Crippen molar-refractivity contribution < 1.29 is 4.74 Å². The Hall–Kier alpha value is -1.13. The third kappa shape index (κ3) is 2.81. The lowest BCUT2D eigenvalue weighted by molar-refractivity contribution is 0.163. The molecule has 2 atom stereocenters. The third-order valence-corrected chi connectivity index (χ3v) is 4.75. The van der Waals surface area contributed by atoms with E-state index in [0.29, 0.717) is 10.9 Å². The van der Waals surface area contributed by atoms with Crippen molar-refractivity contribution in [3.05, 3.63) is 29.8 Å². The molecule has 108 valence electrons. The summed E-state index contributed by atoms with van der Waals surface area (Å²) in [6.45, 7) is 2.97. The first-order chi connectivity index (χ1) is 9.75. The van der Waals surface area contributed by atoms with Crippen LogP contribution >= 0.6 is 12.2 Å². The van der Waals surface area contributed by atoms with Gasteiger partial charge in [0.2, 0.25) is 0 Å². The van der Waals surface area contributed by atoms with Gasteiger partial charge in [-0.1, -0.05) is 36.8 Å². The molecular formula is C16H22N2OS. The van der Waals surface area contributed by atoms with Crippen LogP contribution in [0.3, 0.4) is 0 Å². The van der Waals surface area contributed by atoms with Gasteiger partial charge in [0.1, 0.15) is 5.75 Å². The number of nitrogens with zero attached hydrogens (tertiary/aromatic N) is 1. The molecule has 1 aromatic rings. The van der Waals surface area contributed by atoms with Crippen molar-refractivity contribution in [2.24, 2.45) is 5.73 Å². The average molecular weight is 290 g/mol. The number of piperidine rings is 1. The monoisotopic (exact) mass is 290 g/mol. The van der Waals surface area contributed by atoms with E-state index in [4.69, 9.17) is 22.7 Å². The van der Waals surface area contributed by atoms with Gasteiger partial charge in [0.15, 0.2) is 0 Å². The predicted molar refractivity (Wildman–Crippen MR) is 85.3 cm³/mol. The molecule has 0 spiro atoms. The fraction of sp³-hybridized carbons (Fsp3) is 0.562. The van der Waals surface area contributed by atoms with Crippen LogP contribution in [0.1, 0.15) is 37.2 Å². The maximum Gasteiger partial charge on any atom is 0.122 e. The molecule has 1 saturated heterocycles. The second-order valence-electron chi connectivity index (χ2n) is 5.78. The molecule has 0 aliphatic carbocycles. The molecule has 0 radical (unpaired) electrons. The first-order valence-electron chi connectivity index (χ1n) is 7.51. The molecule has 3 nitrogen and oxygen atoms in total. The van der Waals surface area contributed by atoms with Crippen LogP contribution in [0.25, 0.3) is 0 Å².